The van der Waals surface area contributed by atoms with Crippen molar-refractivity contribution in [1.29, 1.82) is 0 Å². The van der Waals surface area contributed by atoms with Crippen molar-refractivity contribution in [1.82, 2.24) is 9.80 Å². The lowest BCUT2D eigenvalue weighted by molar-refractivity contribution is 0.0998. The van der Waals surface area contributed by atoms with Crippen LogP contribution in [0.1, 0.15) is 30.7 Å². The molecule has 1 aliphatic rings. The molecule has 4 heteroatoms. The Hall–Kier alpha value is -0.420. The van der Waals surface area contributed by atoms with Gasteiger partial charge in [0.25, 0.3) is 0 Å². The van der Waals surface area contributed by atoms with Gasteiger partial charge in [-0.15, -0.1) is 11.3 Å². The van der Waals surface area contributed by atoms with E-state index in [2.05, 4.69) is 48.3 Å². The number of nitrogens with two attached hydrogens (primary N) is 1. The lowest BCUT2D eigenvalue weighted by Crippen LogP contribution is -2.47. The summed E-state index contributed by atoms with van der Waals surface area (Å²) in [6.45, 7) is 4.45. The van der Waals surface area contributed by atoms with E-state index in [-0.39, 0.29) is 6.04 Å². The van der Waals surface area contributed by atoms with Gasteiger partial charge in [-0.25, -0.2) is 0 Å². The fourth-order valence-electron chi connectivity index (χ4n) is 2.91. The second-order valence-electron chi connectivity index (χ2n) is 5.55. The first-order valence-corrected chi connectivity index (χ1v) is 7.67. The molecule has 2 atom stereocenters. The van der Waals surface area contributed by atoms with E-state index in [9.17, 15) is 0 Å². The average molecular weight is 267 g/mol. The van der Waals surface area contributed by atoms with Crippen LogP contribution in [-0.4, -0.2) is 49.1 Å². The standard InChI is InChI=1S/C14H25N3S/c1-11(15)14(13-5-4-10-18-13)17-8-6-12(7-9-17)16(2)3/h4-5,10-12,14H,6-9,15H2,1-3H3. The van der Waals surface area contributed by atoms with E-state index in [0.29, 0.717) is 6.04 Å². The summed E-state index contributed by atoms with van der Waals surface area (Å²) in [5.41, 5.74) is 6.21. The lowest BCUT2D eigenvalue weighted by atomic mass is 9.99. The van der Waals surface area contributed by atoms with Crippen LogP contribution in [0.5, 0.6) is 0 Å². The molecule has 0 spiro atoms. The van der Waals surface area contributed by atoms with Crippen molar-refractivity contribution in [3.05, 3.63) is 22.4 Å². The lowest BCUT2D eigenvalue weighted by Gasteiger charge is -2.40. The Morgan fingerprint density at radius 1 is 1.39 bits per heavy atom. The molecule has 3 nitrogen and oxygen atoms in total. The van der Waals surface area contributed by atoms with Gasteiger partial charge < -0.3 is 10.6 Å². The maximum Gasteiger partial charge on any atom is 0.0590 e. The molecule has 0 radical (unpaired) electrons. The van der Waals surface area contributed by atoms with E-state index in [0.717, 1.165) is 19.1 Å². The summed E-state index contributed by atoms with van der Waals surface area (Å²) in [6, 6.07) is 5.67. The molecule has 1 aliphatic heterocycles. The predicted octanol–water partition coefficient (Wildman–Crippen LogP) is 2.16. The molecule has 2 heterocycles. The SMILES string of the molecule is CC(N)C(c1cccs1)N1CCC(N(C)C)CC1. The third-order valence-corrected chi connectivity index (χ3v) is 4.90. The topological polar surface area (TPSA) is 32.5 Å². The second-order valence-corrected chi connectivity index (χ2v) is 6.53. The monoisotopic (exact) mass is 267 g/mol. The highest BCUT2D eigenvalue weighted by Crippen LogP contribution is 2.30. The molecule has 2 unspecified atom stereocenters. The fourth-order valence-corrected chi connectivity index (χ4v) is 3.89. The second kappa shape index (κ2) is 6.15. The van der Waals surface area contributed by atoms with Crippen molar-refractivity contribution < 1.29 is 0 Å². The molecular weight excluding hydrogens is 242 g/mol. The van der Waals surface area contributed by atoms with Crippen LogP contribution < -0.4 is 5.73 Å². The zero-order valence-corrected chi connectivity index (χ0v) is 12.5. The molecule has 0 amide bonds. The minimum Gasteiger partial charge on any atom is -0.326 e. The van der Waals surface area contributed by atoms with Gasteiger partial charge in [-0.1, -0.05) is 6.07 Å². The summed E-state index contributed by atoms with van der Waals surface area (Å²) in [5, 5.41) is 2.15. The maximum absolute atomic E-state index is 6.21. The van der Waals surface area contributed by atoms with Crippen molar-refractivity contribution in [2.24, 2.45) is 5.73 Å². The van der Waals surface area contributed by atoms with Crippen LogP contribution >= 0.6 is 11.3 Å². The minimum absolute atomic E-state index is 0.194. The van der Waals surface area contributed by atoms with Gasteiger partial charge in [0.2, 0.25) is 0 Å². The van der Waals surface area contributed by atoms with Gasteiger partial charge in [-0.3, -0.25) is 4.90 Å². The minimum atomic E-state index is 0.194. The first-order valence-electron chi connectivity index (χ1n) is 6.79. The highest BCUT2D eigenvalue weighted by Gasteiger charge is 2.29. The number of rotatable bonds is 4. The van der Waals surface area contributed by atoms with Gasteiger partial charge in [0, 0.05) is 30.1 Å². The van der Waals surface area contributed by atoms with Crippen molar-refractivity contribution in [3.8, 4) is 0 Å². The summed E-state index contributed by atoms with van der Waals surface area (Å²) in [7, 11) is 4.37. The van der Waals surface area contributed by atoms with Crippen molar-refractivity contribution in [3.63, 3.8) is 0 Å². The van der Waals surface area contributed by atoms with E-state index in [1.54, 1.807) is 0 Å². The Bertz CT molecular complexity index is 340. The number of thiophene rings is 1. The molecule has 1 aromatic rings. The third kappa shape index (κ3) is 3.12. The van der Waals surface area contributed by atoms with Gasteiger partial charge in [0.05, 0.1) is 6.04 Å². The quantitative estimate of drug-likeness (QED) is 0.907. The third-order valence-electron chi connectivity index (χ3n) is 3.96. The number of piperidine rings is 1. The van der Waals surface area contributed by atoms with Crippen LogP contribution in [0.3, 0.4) is 0 Å². The van der Waals surface area contributed by atoms with Gasteiger partial charge in [-0.05, 0) is 45.3 Å². The fraction of sp³-hybridized carbons (Fsp3) is 0.714. The Morgan fingerprint density at radius 3 is 2.50 bits per heavy atom. The summed E-state index contributed by atoms with van der Waals surface area (Å²) in [6.07, 6.45) is 2.50. The Labute approximate surface area is 115 Å². The van der Waals surface area contributed by atoms with Gasteiger partial charge in [0.1, 0.15) is 0 Å². The summed E-state index contributed by atoms with van der Waals surface area (Å²) in [5.74, 6) is 0. The molecule has 0 bridgehead atoms. The Balaban J connectivity index is 2.02. The highest BCUT2D eigenvalue weighted by atomic mass is 32.1. The van der Waals surface area contributed by atoms with Crippen molar-refractivity contribution >= 4 is 11.3 Å². The van der Waals surface area contributed by atoms with Gasteiger partial charge >= 0.3 is 0 Å². The number of hydrogen-bond donors (Lipinski definition) is 1. The zero-order chi connectivity index (χ0) is 13.1. The molecule has 1 aromatic heterocycles. The smallest absolute Gasteiger partial charge is 0.0590 e. The van der Waals surface area contributed by atoms with Crippen LogP contribution in [0.15, 0.2) is 17.5 Å². The zero-order valence-electron chi connectivity index (χ0n) is 11.7. The molecule has 2 rings (SSSR count). The summed E-state index contributed by atoms with van der Waals surface area (Å²) >= 11 is 1.83. The molecule has 18 heavy (non-hydrogen) atoms. The largest absolute Gasteiger partial charge is 0.326 e. The van der Waals surface area contributed by atoms with Crippen LogP contribution in [0.2, 0.25) is 0 Å². The molecule has 1 saturated heterocycles. The van der Waals surface area contributed by atoms with Gasteiger partial charge in [0.15, 0.2) is 0 Å². The number of likely N-dealkylation sites (tertiary alicyclic amines) is 1. The first kappa shape index (κ1) is 14.0. The molecule has 2 N–H and O–H groups in total. The van der Waals surface area contributed by atoms with E-state index >= 15 is 0 Å². The summed E-state index contributed by atoms with van der Waals surface area (Å²) < 4.78 is 0. The first-order chi connectivity index (χ1) is 8.59. The van der Waals surface area contributed by atoms with E-state index in [1.807, 2.05) is 11.3 Å². The molecule has 0 aromatic carbocycles. The van der Waals surface area contributed by atoms with Crippen LogP contribution in [-0.2, 0) is 0 Å². The molecular formula is C14H25N3S. The number of nitrogens with zero attached hydrogens (tertiary/aromatic N) is 2. The van der Waals surface area contributed by atoms with E-state index in [4.69, 9.17) is 5.73 Å². The van der Waals surface area contributed by atoms with Crippen LogP contribution in [0, 0.1) is 0 Å². The molecule has 0 saturated carbocycles. The Morgan fingerprint density at radius 2 is 2.06 bits per heavy atom. The number of hydrogen-bond acceptors (Lipinski definition) is 4. The van der Waals surface area contributed by atoms with E-state index in [1.165, 1.54) is 17.7 Å². The van der Waals surface area contributed by atoms with Crippen molar-refractivity contribution in [2.75, 3.05) is 27.2 Å². The average Bonchev–Trinajstić information content (AvgIpc) is 2.83. The van der Waals surface area contributed by atoms with Crippen LogP contribution in [0.25, 0.3) is 0 Å². The molecule has 0 aliphatic carbocycles. The molecule has 102 valence electrons. The normalized spacial score (nSPS) is 22.3. The highest BCUT2D eigenvalue weighted by molar-refractivity contribution is 7.10. The molecule has 1 fully saturated rings. The van der Waals surface area contributed by atoms with Gasteiger partial charge in [-0.2, -0.15) is 0 Å². The Kier molecular flexibility index (Phi) is 4.78. The summed E-state index contributed by atoms with van der Waals surface area (Å²) in [4.78, 5) is 6.33. The van der Waals surface area contributed by atoms with Crippen LogP contribution in [0.4, 0.5) is 0 Å². The maximum atomic E-state index is 6.21. The van der Waals surface area contributed by atoms with E-state index < -0.39 is 0 Å². The van der Waals surface area contributed by atoms with Crippen molar-refractivity contribution in [2.45, 2.75) is 37.9 Å². The predicted molar refractivity (Wildman–Crippen MR) is 79.0 cm³/mol.